The van der Waals surface area contributed by atoms with Gasteiger partial charge < -0.3 is 10.8 Å². The fraction of sp³-hybridized carbons (Fsp3) is 0.923. The molecular formula is C13H24N2O3S2. The molecule has 7 heteroatoms. The molecule has 3 unspecified atom stereocenters. The Hall–Kier alpha value is -0.240. The van der Waals surface area contributed by atoms with E-state index in [0.717, 1.165) is 25.7 Å². The van der Waals surface area contributed by atoms with Crippen molar-refractivity contribution in [2.75, 3.05) is 13.1 Å². The van der Waals surface area contributed by atoms with Gasteiger partial charge in [-0.05, 0) is 25.7 Å². The number of hydrogen-bond donors (Lipinski definition) is 2. The molecule has 3 atom stereocenters. The Labute approximate surface area is 126 Å². The fourth-order valence-corrected chi connectivity index (χ4v) is 5.85. The topological polar surface area (TPSA) is 83.6 Å². The van der Waals surface area contributed by atoms with Gasteiger partial charge >= 0.3 is 0 Å². The molecule has 0 aromatic rings. The van der Waals surface area contributed by atoms with Gasteiger partial charge in [-0.15, -0.1) is 0 Å². The van der Waals surface area contributed by atoms with Gasteiger partial charge in [0, 0.05) is 19.0 Å². The molecule has 0 aromatic carbocycles. The first-order chi connectivity index (χ1) is 9.31. The predicted molar refractivity (Wildman–Crippen MR) is 82.9 cm³/mol. The summed E-state index contributed by atoms with van der Waals surface area (Å²) in [7, 11) is -3.49. The molecule has 116 valence electrons. The van der Waals surface area contributed by atoms with E-state index in [0.29, 0.717) is 25.9 Å². The van der Waals surface area contributed by atoms with Crippen molar-refractivity contribution in [3.05, 3.63) is 0 Å². The highest BCUT2D eigenvalue weighted by molar-refractivity contribution is 7.92. The van der Waals surface area contributed by atoms with Crippen LogP contribution < -0.4 is 5.73 Å². The third-order valence-electron chi connectivity index (χ3n) is 4.80. The molecule has 0 amide bonds. The molecule has 5 nitrogen and oxygen atoms in total. The molecule has 1 saturated heterocycles. The standard InChI is InChI=1S/C13H24N2O3S2/c1-2-11(12(14)19)20(17,18)15-8-7-13(16)6-4-3-5-10(13)9-15/h10-11,16H,2-9H2,1H3,(H2,14,19). The molecule has 20 heavy (non-hydrogen) atoms. The van der Waals surface area contributed by atoms with Gasteiger partial charge in [-0.2, -0.15) is 0 Å². The lowest BCUT2D eigenvalue weighted by Crippen LogP contribution is -2.56. The number of nitrogens with two attached hydrogens (primary N) is 1. The fourth-order valence-electron chi connectivity index (χ4n) is 3.51. The summed E-state index contributed by atoms with van der Waals surface area (Å²) in [6, 6.07) is 0. The first-order valence-corrected chi connectivity index (χ1v) is 9.23. The molecule has 1 heterocycles. The molecule has 2 rings (SSSR count). The summed E-state index contributed by atoms with van der Waals surface area (Å²) >= 11 is 4.89. The molecule has 0 radical (unpaired) electrons. The van der Waals surface area contributed by atoms with Crippen molar-refractivity contribution in [3.63, 3.8) is 0 Å². The minimum atomic E-state index is -3.49. The second-order valence-corrected chi connectivity index (χ2v) is 8.59. The van der Waals surface area contributed by atoms with E-state index < -0.39 is 20.9 Å². The predicted octanol–water partition coefficient (Wildman–Crippen LogP) is 1.01. The molecule has 0 aromatic heterocycles. The second-order valence-electron chi connectivity index (χ2n) is 6.00. The van der Waals surface area contributed by atoms with Gasteiger partial charge in [-0.25, -0.2) is 12.7 Å². The smallest absolute Gasteiger partial charge is 0.223 e. The quantitative estimate of drug-likeness (QED) is 0.755. The Bertz CT molecular complexity index is 480. The summed E-state index contributed by atoms with van der Waals surface area (Å²) in [5.41, 5.74) is 4.90. The maximum atomic E-state index is 12.6. The lowest BCUT2D eigenvalue weighted by atomic mass is 9.72. The average molecular weight is 320 g/mol. The van der Waals surface area contributed by atoms with Crippen molar-refractivity contribution in [1.29, 1.82) is 0 Å². The van der Waals surface area contributed by atoms with Gasteiger partial charge in [-0.3, -0.25) is 0 Å². The van der Waals surface area contributed by atoms with E-state index >= 15 is 0 Å². The van der Waals surface area contributed by atoms with Crippen LogP contribution in [-0.4, -0.2) is 46.8 Å². The van der Waals surface area contributed by atoms with Crippen LogP contribution in [0.2, 0.25) is 0 Å². The minimum absolute atomic E-state index is 0.0389. The number of piperidine rings is 1. The number of nitrogens with zero attached hydrogens (tertiary/aromatic N) is 1. The molecule has 3 N–H and O–H groups in total. The molecule has 2 aliphatic rings. The number of rotatable bonds is 4. The number of fused-ring (bicyclic) bond motifs is 1. The summed E-state index contributed by atoms with van der Waals surface area (Å²) in [6.07, 6.45) is 4.69. The van der Waals surface area contributed by atoms with Gasteiger partial charge in [-0.1, -0.05) is 32.0 Å². The van der Waals surface area contributed by atoms with E-state index in [4.69, 9.17) is 18.0 Å². The lowest BCUT2D eigenvalue weighted by molar-refractivity contribution is -0.0817. The van der Waals surface area contributed by atoms with Crippen LogP contribution in [-0.2, 0) is 10.0 Å². The molecular weight excluding hydrogens is 296 g/mol. The van der Waals surface area contributed by atoms with Crippen LogP contribution in [0.15, 0.2) is 0 Å². The minimum Gasteiger partial charge on any atom is -0.392 e. The first kappa shape index (κ1) is 16.1. The summed E-state index contributed by atoms with van der Waals surface area (Å²) in [4.78, 5) is 0.0389. The molecule has 2 fully saturated rings. The van der Waals surface area contributed by atoms with Crippen molar-refractivity contribution < 1.29 is 13.5 Å². The Morgan fingerprint density at radius 1 is 1.50 bits per heavy atom. The summed E-state index contributed by atoms with van der Waals surface area (Å²) in [5.74, 6) is 0.0450. The Morgan fingerprint density at radius 3 is 2.80 bits per heavy atom. The largest absolute Gasteiger partial charge is 0.392 e. The van der Waals surface area contributed by atoms with Gasteiger partial charge in [0.05, 0.1) is 10.6 Å². The van der Waals surface area contributed by atoms with Crippen LogP contribution in [0.5, 0.6) is 0 Å². The van der Waals surface area contributed by atoms with Crippen molar-refractivity contribution >= 4 is 27.2 Å². The molecule has 0 spiro atoms. The zero-order valence-electron chi connectivity index (χ0n) is 11.9. The van der Waals surface area contributed by atoms with Crippen molar-refractivity contribution in [3.8, 4) is 0 Å². The van der Waals surface area contributed by atoms with E-state index in [1.807, 2.05) is 0 Å². The van der Waals surface area contributed by atoms with Crippen molar-refractivity contribution in [2.45, 2.75) is 56.3 Å². The maximum absolute atomic E-state index is 12.6. The maximum Gasteiger partial charge on any atom is 0.223 e. The highest BCUT2D eigenvalue weighted by Crippen LogP contribution is 2.40. The highest BCUT2D eigenvalue weighted by atomic mass is 32.2. The molecule has 0 bridgehead atoms. The van der Waals surface area contributed by atoms with E-state index in [1.54, 1.807) is 6.92 Å². The second kappa shape index (κ2) is 5.87. The van der Waals surface area contributed by atoms with Crippen molar-refractivity contribution in [2.24, 2.45) is 11.7 Å². The Morgan fingerprint density at radius 2 is 2.20 bits per heavy atom. The number of aliphatic hydroxyl groups is 1. The molecule has 1 aliphatic heterocycles. The van der Waals surface area contributed by atoms with E-state index in [-0.39, 0.29) is 10.9 Å². The summed E-state index contributed by atoms with van der Waals surface area (Å²) in [6.45, 7) is 2.55. The average Bonchev–Trinajstić information content (AvgIpc) is 2.37. The van der Waals surface area contributed by atoms with Gasteiger partial charge in [0.2, 0.25) is 10.0 Å². The van der Waals surface area contributed by atoms with Crippen LogP contribution >= 0.6 is 12.2 Å². The SMILES string of the molecule is CCC(C(N)=S)S(=O)(=O)N1CCC2(O)CCCCC2C1. The van der Waals surface area contributed by atoms with E-state index in [1.165, 1.54) is 4.31 Å². The Kier molecular flexibility index (Phi) is 4.73. The third-order valence-corrected chi connectivity index (χ3v) is 7.59. The van der Waals surface area contributed by atoms with Crippen LogP contribution in [0.4, 0.5) is 0 Å². The molecule has 1 saturated carbocycles. The lowest BCUT2D eigenvalue weighted by Gasteiger charge is -2.47. The molecule has 1 aliphatic carbocycles. The van der Waals surface area contributed by atoms with Crippen LogP contribution in [0.1, 0.15) is 45.4 Å². The van der Waals surface area contributed by atoms with Crippen LogP contribution in [0, 0.1) is 5.92 Å². The third kappa shape index (κ3) is 2.86. The monoisotopic (exact) mass is 320 g/mol. The van der Waals surface area contributed by atoms with Gasteiger partial charge in [0.1, 0.15) is 5.25 Å². The zero-order chi connectivity index (χ0) is 15.0. The number of sulfonamides is 1. The van der Waals surface area contributed by atoms with Crippen molar-refractivity contribution in [1.82, 2.24) is 4.31 Å². The van der Waals surface area contributed by atoms with Gasteiger partial charge in [0.15, 0.2) is 0 Å². The van der Waals surface area contributed by atoms with E-state index in [2.05, 4.69) is 0 Å². The Balaban J connectivity index is 2.17. The summed E-state index contributed by atoms with van der Waals surface area (Å²) < 4.78 is 26.7. The van der Waals surface area contributed by atoms with Gasteiger partial charge in [0.25, 0.3) is 0 Å². The van der Waals surface area contributed by atoms with Crippen LogP contribution in [0.3, 0.4) is 0 Å². The van der Waals surface area contributed by atoms with E-state index in [9.17, 15) is 13.5 Å². The summed E-state index contributed by atoms with van der Waals surface area (Å²) in [5, 5.41) is 9.82. The normalized spacial score (nSPS) is 33.4. The van der Waals surface area contributed by atoms with Crippen LogP contribution in [0.25, 0.3) is 0 Å². The number of thiocarbonyl (C=S) groups is 1. The zero-order valence-corrected chi connectivity index (χ0v) is 13.5. The highest BCUT2D eigenvalue weighted by Gasteiger charge is 2.46. The number of hydrogen-bond acceptors (Lipinski definition) is 4. The first-order valence-electron chi connectivity index (χ1n) is 7.32.